The highest BCUT2D eigenvalue weighted by molar-refractivity contribution is 7.21. The van der Waals surface area contributed by atoms with Crippen molar-refractivity contribution in [2.24, 2.45) is 0 Å². The number of halogens is 1. The number of rotatable bonds is 3. The number of phenols is 1. The van der Waals surface area contributed by atoms with Gasteiger partial charge < -0.3 is 10.4 Å². The highest BCUT2D eigenvalue weighted by atomic mass is 32.1. The predicted molar refractivity (Wildman–Crippen MR) is 101 cm³/mol. The first kappa shape index (κ1) is 16.2. The highest BCUT2D eigenvalue weighted by Gasteiger charge is 2.14. The van der Waals surface area contributed by atoms with Gasteiger partial charge in [0.05, 0.1) is 21.3 Å². The molecular formula is C20H13FN2O2S. The van der Waals surface area contributed by atoms with Crippen LogP contribution in [0, 0.1) is 5.82 Å². The second-order valence-electron chi connectivity index (χ2n) is 5.65. The second-order valence-corrected chi connectivity index (χ2v) is 6.68. The third kappa shape index (κ3) is 3.02. The number of aromatic hydroxyl groups is 1. The van der Waals surface area contributed by atoms with E-state index in [-0.39, 0.29) is 11.3 Å². The summed E-state index contributed by atoms with van der Waals surface area (Å²) in [5.41, 5.74) is 1.77. The van der Waals surface area contributed by atoms with Crippen LogP contribution in [0.4, 0.5) is 10.1 Å². The Hall–Kier alpha value is -3.25. The van der Waals surface area contributed by atoms with E-state index < -0.39 is 11.7 Å². The van der Waals surface area contributed by atoms with Crippen molar-refractivity contribution >= 4 is 33.1 Å². The van der Waals surface area contributed by atoms with Crippen LogP contribution in [0.3, 0.4) is 0 Å². The molecule has 4 nitrogen and oxygen atoms in total. The van der Waals surface area contributed by atoms with Crippen molar-refractivity contribution in [2.45, 2.75) is 0 Å². The smallest absolute Gasteiger partial charge is 0.258 e. The van der Waals surface area contributed by atoms with E-state index >= 15 is 0 Å². The number of fused-ring (bicyclic) bond motifs is 1. The molecule has 3 aromatic carbocycles. The third-order valence-electron chi connectivity index (χ3n) is 3.90. The average Bonchev–Trinajstić information content (AvgIpc) is 3.06. The summed E-state index contributed by atoms with van der Waals surface area (Å²) in [6.07, 6.45) is 0. The molecule has 0 atom stereocenters. The molecule has 0 aliphatic carbocycles. The number of aromatic nitrogens is 1. The maximum absolute atomic E-state index is 13.7. The Labute approximate surface area is 152 Å². The van der Waals surface area contributed by atoms with Crippen LogP contribution in [0.5, 0.6) is 5.75 Å². The van der Waals surface area contributed by atoms with Gasteiger partial charge in [-0.3, -0.25) is 4.79 Å². The molecular weight excluding hydrogens is 351 g/mol. The molecule has 128 valence electrons. The maximum Gasteiger partial charge on any atom is 0.258 e. The fraction of sp³-hybridized carbons (Fsp3) is 0. The lowest BCUT2D eigenvalue weighted by atomic mass is 10.1. The number of hydrogen-bond donors (Lipinski definition) is 2. The van der Waals surface area contributed by atoms with E-state index in [4.69, 9.17) is 0 Å². The van der Waals surface area contributed by atoms with Gasteiger partial charge in [0.2, 0.25) is 0 Å². The Balaban J connectivity index is 1.62. The first-order valence-corrected chi connectivity index (χ1v) is 8.68. The minimum atomic E-state index is -0.597. The summed E-state index contributed by atoms with van der Waals surface area (Å²) < 4.78 is 14.7. The topological polar surface area (TPSA) is 62.2 Å². The van der Waals surface area contributed by atoms with Gasteiger partial charge in [0.15, 0.2) is 0 Å². The lowest BCUT2D eigenvalue weighted by Crippen LogP contribution is -2.13. The third-order valence-corrected chi connectivity index (χ3v) is 4.97. The van der Waals surface area contributed by atoms with Crippen molar-refractivity contribution in [1.82, 2.24) is 4.98 Å². The Morgan fingerprint density at radius 1 is 1.04 bits per heavy atom. The standard InChI is InChI=1S/C20H13FN2O2S/c21-15-6-2-1-5-13(15)19(25)22-12-9-10-14(17(24)11-12)20-23-16-7-3-4-8-18(16)26-20/h1-11,24H,(H,22,25). The van der Waals surface area contributed by atoms with Gasteiger partial charge in [0.1, 0.15) is 16.6 Å². The molecule has 1 amide bonds. The molecule has 26 heavy (non-hydrogen) atoms. The second kappa shape index (κ2) is 6.57. The van der Waals surface area contributed by atoms with Gasteiger partial charge in [-0.25, -0.2) is 9.37 Å². The summed E-state index contributed by atoms with van der Waals surface area (Å²) in [6, 6.07) is 18.2. The largest absolute Gasteiger partial charge is 0.507 e. The molecule has 0 spiro atoms. The zero-order valence-electron chi connectivity index (χ0n) is 13.4. The van der Waals surface area contributed by atoms with Crippen molar-refractivity contribution in [3.05, 3.63) is 78.1 Å². The van der Waals surface area contributed by atoms with Crippen LogP contribution >= 0.6 is 11.3 Å². The summed E-state index contributed by atoms with van der Waals surface area (Å²) >= 11 is 1.48. The van der Waals surface area contributed by atoms with Crippen molar-refractivity contribution in [3.63, 3.8) is 0 Å². The summed E-state index contributed by atoms with van der Waals surface area (Å²) in [6.45, 7) is 0. The lowest BCUT2D eigenvalue weighted by molar-refractivity contribution is 0.102. The number of para-hydroxylation sites is 1. The molecule has 1 heterocycles. The minimum absolute atomic E-state index is 0.00427. The molecule has 4 aromatic rings. The molecule has 0 saturated heterocycles. The number of phenolic OH excluding ortho intramolecular Hbond substituents is 1. The number of thiazole rings is 1. The molecule has 0 aliphatic heterocycles. The number of benzene rings is 3. The Morgan fingerprint density at radius 2 is 1.81 bits per heavy atom. The molecule has 2 N–H and O–H groups in total. The van der Waals surface area contributed by atoms with Crippen LogP contribution < -0.4 is 5.32 Å². The number of carbonyl (C=O) groups is 1. The van der Waals surface area contributed by atoms with Crippen LogP contribution in [0.15, 0.2) is 66.7 Å². The minimum Gasteiger partial charge on any atom is -0.507 e. The molecule has 0 aliphatic rings. The van der Waals surface area contributed by atoms with E-state index in [2.05, 4.69) is 10.3 Å². The predicted octanol–water partition coefficient (Wildman–Crippen LogP) is 5.06. The number of nitrogens with zero attached hydrogens (tertiary/aromatic N) is 1. The van der Waals surface area contributed by atoms with Crippen molar-refractivity contribution in [1.29, 1.82) is 0 Å². The summed E-state index contributed by atoms with van der Waals surface area (Å²) in [5.74, 6) is -1.18. The zero-order chi connectivity index (χ0) is 18.1. The molecule has 6 heteroatoms. The molecule has 0 unspecified atom stereocenters. The van der Waals surface area contributed by atoms with Gasteiger partial charge in [0.25, 0.3) is 5.91 Å². The number of anilines is 1. The molecule has 4 rings (SSSR count). The number of nitrogens with one attached hydrogen (secondary N) is 1. The van der Waals surface area contributed by atoms with Gasteiger partial charge in [-0.1, -0.05) is 24.3 Å². The van der Waals surface area contributed by atoms with Crippen molar-refractivity contribution < 1.29 is 14.3 Å². The highest BCUT2D eigenvalue weighted by Crippen LogP contribution is 2.36. The maximum atomic E-state index is 13.7. The van der Waals surface area contributed by atoms with E-state index in [0.717, 1.165) is 10.2 Å². The lowest BCUT2D eigenvalue weighted by Gasteiger charge is -2.08. The number of hydrogen-bond acceptors (Lipinski definition) is 4. The van der Waals surface area contributed by atoms with E-state index in [0.29, 0.717) is 16.3 Å². The normalized spacial score (nSPS) is 10.8. The van der Waals surface area contributed by atoms with Crippen LogP contribution in [0.2, 0.25) is 0 Å². The molecule has 0 fully saturated rings. The average molecular weight is 364 g/mol. The fourth-order valence-electron chi connectivity index (χ4n) is 2.62. The van der Waals surface area contributed by atoms with E-state index in [1.807, 2.05) is 24.3 Å². The Kier molecular flexibility index (Phi) is 4.10. The Bertz CT molecular complexity index is 1090. The quantitative estimate of drug-likeness (QED) is 0.534. The van der Waals surface area contributed by atoms with Gasteiger partial charge >= 0.3 is 0 Å². The van der Waals surface area contributed by atoms with Gasteiger partial charge in [-0.2, -0.15) is 0 Å². The molecule has 0 bridgehead atoms. The van der Waals surface area contributed by atoms with Gasteiger partial charge in [-0.05, 0) is 36.4 Å². The Morgan fingerprint density at radius 3 is 2.58 bits per heavy atom. The molecule has 0 radical (unpaired) electrons. The van der Waals surface area contributed by atoms with E-state index in [1.54, 1.807) is 18.2 Å². The summed E-state index contributed by atoms with van der Waals surface area (Å²) in [7, 11) is 0. The van der Waals surface area contributed by atoms with Crippen LogP contribution in [-0.4, -0.2) is 16.0 Å². The van der Waals surface area contributed by atoms with Crippen LogP contribution in [-0.2, 0) is 0 Å². The SMILES string of the molecule is O=C(Nc1ccc(-c2nc3ccccc3s2)c(O)c1)c1ccccc1F. The number of amides is 1. The first-order chi connectivity index (χ1) is 12.6. The summed E-state index contributed by atoms with van der Waals surface area (Å²) in [4.78, 5) is 16.7. The molecule has 0 saturated carbocycles. The van der Waals surface area contributed by atoms with E-state index in [9.17, 15) is 14.3 Å². The fourth-order valence-corrected chi connectivity index (χ4v) is 3.62. The zero-order valence-corrected chi connectivity index (χ0v) is 14.3. The van der Waals surface area contributed by atoms with Crippen LogP contribution in [0.1, 0.15) is 10.4 Å². The van der Waals surface area contributed by atoms with Crippen molar-refractivity contribution in [2.75, 3.05) is 5.32 Å². The van der Waals surface area contributed by atoms with E-state index in [1.165, 1.54) is 35.6 Å². The van der Waals surface area contributed by atoms with Crippen molar-refractivity contribution in [3.8, 4) is 16.3 Å². The monoisotopic (exact) mass is 364 g/mol. The molecule has 1 aromatic heterocycles. The van der Waals surface area contributed by atoms with Gasteiger partial charge in [-0.15, -0.1) is 11.3 Å². The first-order valence-electron chi connectivity index (χ1n) is 7.86. The van der Waals surface area contributed by atoms with Crippen LogP contribution in [0.25, 0.3) is 20.8 Å². The van der Waals surface area contributed by atoms with Gasteiger partial charge in [0, 0.05) is 11.8 Å². The number of carbonyl (C=O) groups excluding carboxylic acids is 1. The summed E-state index contributed by atoms with van der Waals surface area (Å²) in [5, 5.41) is 13.6.